The van der Waals surface area contributed by atoms with E-state index in [2.05, 4.69) is 15.9 Å². The molecule has 0 unspecified atom stereocenters. The summed E-state index contributed by atoms with van der Waals surface area (Å²) in [6, 6.07) is 1.86. The highest BCUT2D eigenvalue weighted by Crippen LogP contribution is 2.26. The molecule has 1 aliphatic rings. The number of hydrogen-bond acceptors (Lipinski definition) is 4. The van der Waals surface area contributed by atoms with Crippen molar-refractivity contribution < 1.29 is 22.7 Å². The number of carbonyl (C=O) groups excluding carboxylic acids is 1. The van der Waals surface area contributed by atoms with E-state index >= 15 is 0 Å². The molecule has 1 fully saturated rings. The first-order valence-electron chi connectivity index (χ1n) is 10.0. The fourth-order valence-electron chi connectivity index (χ4n) is 3.32. The van der Waals surface area contributed by atoms with Crippen molar-refractivity contribution in [2.75, 3.05) is 37.7 Å². The van der Waals surface area contributed by atoms with Crippen molar-refractivity contribution in [3.05, 3.63) is 39.7 Å². The average molecular weight is 492 g/mol. The summed E-state index contributed by atoms with van der Waals surface area (Å²) in [4.78, 5) is 14.1. The van der Waals surface area contributed by atoms with Crippen LogP contribution in [0.1, 0.15) is 39.8 Å². The highest BCUT2D eigenvalue weighted by Gasteiger charge is 2.32. The van der Waals surface area contributed by atoms with Crippen LogP contribution in [0.2, 0.25) is 0 Å². The van der Waals surface area contributed by atoms with Crippen LogP contribution in [0.3, 0.4) is 0 Å². The first kappa shape index (κ1) is 24.5. The van der Waals surface area contributed by atoms with Crippen LogP contribution in [-0.2, 0) is 9.53 Å². The quantitative estimate of drug-likeness (QED) is 0.313. The first-order chi connectivity index (χ1) is 14.0. The Hall–Kier alpha value is -1.74. The van der Waals surface area contributed by atoms with Crippen LogP contribution in [0.15, 0.2) is 34.0 Å². The molecule has 0 radical (unpaired) electrons. The third kappa shape index (κ3) is 6.91. The van der Waals surface area contributed by atoms with E-state index in [9.17, 15) is 18.0 Å². The van der Waals surface area contributed by atoms with Gasteiger partial charge in [0, 0.05) is 36.8 Å². The molecule has 30 heavy (non-hydrogen) atoms. The van der Waals surface area contributed by atoms with Crippen molar-refractivity contribution in [1.82, 2.24) is 9.58 Å². The summed E-state index contributed by atoms with van der Waals surface area (Å²) in [7, 11) is 0. The normalized spacial score (nSPS) is 17.0. The summed E-state index contributed by atoms with van der Waals surface area (Å²) in [5, 5.41) is 1.98. The van der Waals surface area contributed by atoms with Crippen molar-refractivity contribution in [3.63, 3.8) is 0 Å². The van der Waals surface area contributed by atoms with Crippen LogP contribution < -0.4 is 5.01 Å². The minimum absolute atomic E-state index is 0.243. The van der Waals surface area contributed by atoms with Gasteiger partial charge in [-0.3, -0.25) is 9.58 Å². The van der Waals surface area contributed by atoms with Gasteiger partial charge in [-0.25, -0.2) is 4.79 Å². The molecule has 5 nitrogen and oxygen atoms in total. The Bertz CT molecular complexity index is 792. The summed E-state index contributed by atoms with van der Waals surface area (Å²) in [5.41, 5.74) is 2.03. The van der Waals surface area contributed by atoms with Crippen LogP contribution >= 0.6 is 15.9 Å². The molecule has 1 aromatic heterocycles. The van der Waals surface area contributed by atoms with Gasteiger partial charge in [0.15, 0.2) is 0 Å². The molecule has 1 aromatic rings. The van der Waals surface area contributed by atoms with Gasteiger partial charge in [0.1, 0.15) is 0 Å². The molecule has 1 saturated heterocycles. The number of halogens is 4. The Morgan fingerprint density at radius 3 is 2.43 bits per heavy atom. The predicted octanol–water partition coefficient (Wildman–Crippen LogP) is 4.76. The zero-order chi connectivity index (χ0) is 22.5. The number of rotatable bonds is 7. The summed E-state index contributed by atoms with van der Waals surface area (Å²) in [5.74, 6) is -0.401. The zero-order valence-electron chi connectivity index (χ0n) is 17.8. The van der Waals surface area contributed by atoms with Gasteiger partial charge in [-0.05, 0) is 60.8 Å². The molecule has 0 spiro atoms. The van der Waals surface area contributed by atoms with Gasteiger partial charge in [-0.1, -0.05) is 13.0 Å². The number of esters is 1. The van der Waals surface area contributed by atoms with E-state index < -0.39 is 18.7 Å². The standard InChI is InChI=1S/C21H29BrF3N3O2/c1-5-6-16(4)17(20(29)30-15(2)3)13-19-18(22)7-8-28(19)27-11-9-26(10-12-27)14-21(23,24)25/h6-8,13,15H,5,9-12,14H2,1-4H3/b16-6+,17-13+. The number of nitrogens with zero attached hydrogens (tertiary/aromatic N) is 3. The Morgan fingerprint density at radius 1 is 1.27 bits per heavy atom. The van der Waals surface area contributed by atoms with Gasteiger partial charge in [0.25, 0.3) is 0 Å². The molecule has 0 N–H and O–H groups in total. The molecule has 0 atom stereocenters. The number of ether oxygens (including phenoxy) is 1. The summed E-state index contributed by atoms with van der Waals surface area (Å²) in [6.45, 7) is 8.10. The predicted molar refractivity (Wildman–Crippen MR) is 116 cm³/mol. The first-order valence-corrected chi connectivity index (χ1v) is 10.8. The van der Waals surface area contributed by atoms with Crippen LogP contribution in [0.25, 0.3) is 6.08 Å². The number of carbonyl (C=O) groups is 1. The van der Waals surface area contributed by atoms with Crippen LogP contribution in [-0.4, -0.2) is 60.5 Å². The number of alkyl halides is 3. The highest BCUT2D eigenvalue weighted by molar-refractivity contribution is 9.10. The number of aromatic nitrogens is 1. The molecular formula is C21H29BrF3N3O2. The fraction of sp³-hybridized carbons (Fsp3) is 0.571. The van der Waals surface area contributed by atoms with Crippen molar-refractivity contribution >= 4 is 28.0 Å². The van der Waals surface area contributed by atoms with Gasteiger partial charge in [-0.2, -0.15) is 13.2 Å². The molecule has 0 aromatic carbocycles. The van der Waals surface area contributed by atoms with E-state index in [1.807, 2.05) is 41.9 Å². The maximum absolute atomic E-state index is 12.7. The lowest BCUT2D eigenvalue weighted by molar-refractivity contribution is -0.146. The molecule has 1 aliphatic heterocycles. The SMILES string of the molecule is CC/C=C(C)/C(=C\c1c(Br)ccn1N1CCN(CC(F)(F)F)CC1)C(=O)OC(C)C. The summed E-state index contributed by atoms with van der Waals surface area (Å²) >= 11 is 3.53. The van der Waals surface area contributed by atoms with Gasteiger partial charge in [-0.15, -0.1) is 0 Å². The second kappa shape index (κ2) is 10.5. The lowest BCUT2D eigenvalue weighted by Crippen LogP contribution is -2.53. The van der Waals surface area contributed by atoms with Crippen LogP contribution in [0.4, 0.5) is 13.2 Å². The minimum Gasteiger partial charge on any atom is -0.459 e. The molecule has 0 bridgehead atoms. The number of piperazine rings is 1. The van der Waals surface area contributed by atoms with Crippen LogP contribution in [0.5, 0.6) is 0 Å². The van der Waals surface area contributed by atoms with Gasteiger partial charge in [0.05, 0.1) is 23.9 Å². The third-order valence-corrected chi connectivity index (χ3v) is 5.36. The van der Waals surface area contributed by atoms with E-state index in [0.717, 1.165) is 22.2 Å². The fourth-order valence-corrected chi connectivity index (χ4v) is 3.74. The van der Waals surface area contributed by atoms with Crippen LogP contribution in [0, 0.1) is 0 Å². The minimum atomic E-state index is -4.19. The maximum Gasteiger partial charge on any atom is 0.401 e. The topological polar surface area (TPSA) is 37.7 Å². The lowest BCUT2D eigenvalue weighted by Gasteiger charge is -2.37. The zero-order valence-corrected chi connectivity index (χ0v) is 19.4. The maximum atomic E-state index is 12.7. The van der Waals surface area contributed by atoms with Gasteiger partial charge < -0.3 is 9.75 Å². The highest BCUT2D eigenvalue weighted by atomic mass is 79.9. The van der Waals surface area contributed by atoms with E-state index in [1.165, 1.54) is 4.90 Å². The van der Waals surface area contributed by atoms with Crippen molar-refractivity contribution in [3.8, 4) is 0 Å². The van der Waals surface area contributed by atoms with E-state index in [4.69, 9.17) is 4.74 Å². The van der Waals surface area contributed by atoms with Crippen molar-refractivity contribution in [2.45, 2.75) is 46.4 Å². The third-order valence-electron chi connectivity index (χ3n) is 4.69. The monoisotopic (exact) mass is 491 g/mol. The average Bonchev–Trinajstić information content (AvgIpc) is 2.99. The van der Waals surface area contributed by atoms with E-state index in [0.29, 0.717) is 31.8 Å². The molecule has 2 heterocycles. The molecule has 9 heteroatoms. The molecule has 0 amide bonds. The molecule has 168 valence electrons. The Labute approximate surface area is 184 Å². The summed E-state index contributed by atoms with van der Waals surface area (Å²) < 4.78 is 46.0. The second-order valence-corrected chi connectivity index (χ2v) is 8.40. The molecule has 0 aliphatic carbocycles. The van der Waals surface area contributed by atoms with Gasteiger partial charge in [0.2, 0.25) is 0 Å². The Kier molecular flexibility index (Phi) is 8.61. The van der Waals surface area contributed by atoms with Crippen molar-refractivity contribution in [1.29, 1.82) is 0 Å². The van der Waals surface area contributed by atoms with E-state index in [-0.39, 0.29) is 6.10 Å². The summed E-state index contributed by atoms with van der Waals surface area (Å²) in [6.07, 6.45) is 1.93. The second-order valence-electron chi connectivity index (χ2n) is 7.55. The number of allylic oxidation sites excluding steroid dienone is 1. The smallest absolute Gasteiger partial charge is 0.401 e. The van der Waals surface area contributed by atoms with Gasteiger partial charge >= 0.3 is 12.1 Å². The molecular weight excluding hydrogens is 463 g/mol. The number of hydrogen-bond donors (Lipinski definition) is 0. The Morgan fingerprint density at radius 2 is 1.90 bits per heavy atom. The molecule has 0 saturated carbocycles. The molecule has 2 rings (SSSR count). The Balaban J connectivity index is 2.29. The lowest BCUT2D eigenvalue weighted by atomic mass is 10.1. The van der Waals surface area contributed by atoms with Crippen molar-refractivity contribution in [2.24, 2.45) is 0 Å². The largest absolute Gasteiger partial charge is 0.459 e. The van der Waals surface area contributed by atoms with E-state index in [1.54, 1.807) is 19.9 Å².